The first-order valence-electron chi connectivity index (χ1n) is 6.31. The van der Waals surface area contributed by atoms with Gasteiger partial charge in [-0.25, -0.2) is 0 Å². The van der Waals surface area contributed by atoms with Crippen molar-refractivity contribution in [2.75, 3.05) is 12.4 Å². The summed E-state index contributed by atoms with van der Waals surface area (Å²) < 4.78 is 1.04. The Balaban J connectivity index is 1.67. The highest BCUT2D eigenvalue weighted by Crippen LogP contribution is 2.35. The largest absolute Gasteiger partial charge is 0.381 e. The number of hydrogen-bond acceptors (Lipinski definition) is 3. The van der Waals surface area contributed by atoms with E-state index in [0.717, 1.165) is 22.2 Å². The van der Waals surface area contributed by atoms with Crippen molar-refractivity contribution in [3.05, 3.63) is 22.9 Å². The standard InChI is InChI=1S/C13H18BrN3/c1-17-12-2-3-13(17)6-10(5-12)16-11-4-9(14)7-15-8-11/h4,7-8,10,12-13,16H,2-3,5-6H2,1H3/t12-,13-/m1/s1. The maximum atomic E-state index is 4.20. The van der Waals surface area contributed by atoms with Gasteiger partial charge in [0.15, 0.2) is 0 Å². The molecule has 0 spiro atoms. The van der Waals surface area contributed by atoms with Crippen LogP contribution in [0.5, 0.6) is 0 Å². The number of fused-ring (bicyclic) bond motifs is 2. The molecule has 0 radical (unpaired) electrons. The Labute approximate surface area is 111 Å². The Hall–Kier alpha value is -0.610. The lowest BCUT2D eigenvalue weighted by molar-refractivity contribution is 0.169. The molecule has 3 rings (SSSR count). The van der Waals surface area contributed by atoms with Crippen LogP contribution >= 0.6 is 15.9 Å². The van der Waals surface area contributed by atoms with Gasteiger partial charge in [-0.05, 0) is 54.7 Å². The van der Waals surface area contributed by atoms with Gasteiger partial charge in [-0.3, -0.25) is 4.98 Å². The molecular weight excluding hydrogens is 278 g/mol. The van der Waals surface area contributed by atoms with Crippen molar-refractivity contribution in [3.63, 3.8) is 0 Å². The summed E-state index contributed by atoms with van der Waals surface area (Å²) >= 11 is 3.46. The van der Waals surface area contributed by atoms with Crippen molar-refractivity contribution in [1.82, 2.24) is 9.88 Å². The van der Waals surface area contributed by atoms with Gasteiger partial charge in [-0.2, -0.15) is 0 Å². The van der Waals surface area contributed by atoms with E-state index in [1.165, 1.54) is 25.7 Å². The molecule has 0 amide bonds. The molecule has 92 valence electrons. The second kappa shape index (κ2) is 4.58. The lowest BCUT2D eigenvalue weighted by Gasteiger charge is -2.37. The number of rotatable bonds is 2. The van der Waals surface area contributed by atoms with Gasteiger partial charge in [0.05, 0.1) is 11.9 Å². The molecule has 0 saturated carbocycles. The molecule has 2 atom stereocenters. The Kier molecular flexibility index (Phi) is 3.09. The van der Waals surface area contributed by atoms with Crippen molar-refractivity contribution in [1.29, 1.82) is 0 Å². The van der Waals surface area contributed by atoms with Gasteiger partial charge < -0.3 is 10.2 Å². The van der Waals surface area contributed by atoms with E-state index >= 15 is 0 Å². The average molecular weight is 296 g/mol. The third kappa shape index (κ3) is 2.33. The van der Waals surface area contributed by atoms with E-state index in [9.17, 15) is 0 Å². The van der Waals surface area contributed by atoms with Crippen LogP contribution in [0.4, 0.5) is 5.69 Å². The first kappa shape index (κ1) is 11.5. The molecule has 17 heavy (non-hydrogen) atoms. The van der Waals surface area contributed by atoms with E-state index in [4.69, 9.17) is 0 Å². The summed E-state index contributed by atoms with van der Waals surface area (Å²) in [5.41, 5.74) is 1.13. The number of nitrogens with one attached hydrogen (secondary N) is 1. The molecule has 4 heteroatoms. The van der Waals surface area contributed by atoms with Crippen LogP contribution in [0, 0.1) is 0 Å². The quantitative estimate of drug-likeness (QED) is 0.909. The minimum atomic E-state index is 0.611. The Morgan fingerprint density at radius 3 is 2.65 bits per heavy atom. The van der Waals surface area contributed by atoms with Crippen LogP contribution in [0.25, 0.3) is 0 Å². The SMILES string of the molecule is CN1[C@@H]2CC[C@@H]1CC(Nc1cncc(Br)c1)C2. The van der Waals surface area contributed by atoms with E-state index in [1.54, 1.807) is 0 Å². The van der Waals surface area contributed by atoms with Gasteiger partial charge in [0.1, 0.15) is 0 Å². The first-order valence-corrected chi connectivity index (χ1v) is 7.10. The highest BCUT2D eigenvalue weighted by Gasteiger charge is 2.38. The van der Waals surface area contributed by atoms with Crippen molar-refractivity contribution < 1.29 is 0 Å². The summed E-state index contributed by atoms with van der Waals surface area (Å²) in [5, 5.41) is 3.62. The van der Waals surface area contributed by atoms with Crippen LogP contribution in [-0.2, 0) is 0 Å². The fourth-order valence-corrected chi connectivity index (χ4v) is 3.62. The first-order chi connectivity index (χ1) is 8.22. The minimum Gasteiger partial charge on any atom is -0.381 e. The Morgan fingerprint density at radius 2 is 2.00 bits per heavy atom. The van der Waals surface area contributed by atoms with Crippen LogP contribution in [0.1, 0.15) is 25.7 Å². The Morgan fingerprint density at radius 1 is 1.29 bits per heavy atom. The zero-order chi connectivity index (χ0) is 11.8. The molecule has 0 unspecified atom stereocenters. The van der Waals surface area contributed by atoms with Crippen LogP contribution in [0.3, 0.4) is 0 Å². The molecule has 3 heterocycles. The van der Waals surface area contributed by atoms with E-state index in [2.05, 4.69) is 44.2 Å². The molecule has 1 aromatic rings. The number of piperidine rings is 1. The van der Waals surface area contributed by atoms with E-state index in [-0.39, 0.29) is 0 Å². The smallest absolute Gasteiger partial charge is 0.0540 e. The molecule has 2 saturated heterocycles. The number of aromatic nitrogens is 1. The molecule has 1 N–H and O–H groups in total. The summed E-state index contributed by atoms with van der Waals surface area (Å²) in [6, 6.07) is 4.28. The lowest BCUT2D eigenvalue weighted by atomic mass is 9.98. The average Bonchev–Trinajstić information content (AvgIpc) is 2.52. The van der Waals surface area contributed by atoms with Gasteiger partial charge in [0, 0.05) is 28.8 Å². The summed E-state index contributed by atoms with van der Waals surface area (Å²) in [6.07, 6.45) is 9.00. The lowest BCUT2D eigenvalue weighted by Crippen LogP contribution is -2.44. The second-order valence-corrected chi connectivity index (χ2v) is 6.17. The number of pyridine rings is 1. The molecule has 2 fully saturated rings. The van der Waals surface area contributed by atoms with Crippen LogP contribution in [-0.4, -0.2) is 35.1 Å². The van der Waals surface area contributed by atoms with E-state index in [1.807, 2.05) is 12.4 Å². The molecular formula is C13H18BrN3. The van der Waals surface area contributed by atoms with Gasteiger partial charge in [0.25, 0.3) is 0 Å². The molecule has 2 aliphatic heterocycles. The maximum Gasteiger partial charge on any atom is 0.0540 e. The van der Waals surface area contributed by atoms with Crippen molar-refractivity contribution in [2.24, 2.45) is 0 Å². The third-order valence-corrected chi connectivity index (χ3v) is 4.61. The molecule has 2 aliphatic rings. The highest BCUT2D eigenvalue weighted by molar-refractivity contribution is 9.10. The van der Waals surface area contributed by atoms with Gasteiger partial charge in [-0.15, -0.1) is 0 Å². The molecule has 2 bridgehead atoms. The van der Waals surface area contributed by atoms with Crippen LogP contribution in [0.2, 0.25) is 0 Å². The summed E-state index contributed by atoms with van der Waals surface area (Å²) in [7, 11) is 2.28. The topological polar surface area (TPSA) is 28.2 Å². The summed E-state index contributed by atoms with van der Waals surface area (Å²) in [5.74, 6) is 0. The van der Waals surface area contributed by atoms with Gasteiger partial charge in [-0.1, -0.05) is 0 Å². The number of nitrogens with zero attached hydrogens (tertiary/aromatic N) is 2. The van der Waals surface area contributed by atoms with Gasteiger partial charge >= 0.3 is 0 Å². The Bertz CT molecular complexity index is 395. The van der Waals surface area contributed by atoms with Crippen molar-refractivity contribution >= 4 is 21.6 Å². The number of halogens is 1. The maximum absolute atomic E-state index is 4.20. The molecule has 0 aliphatic carbocycles. The molecule has 3 nitrogen and oxygen atoms in total. The van der Waals surface area contributed by atoms with Gasteiger partial charge in [0.2, 0.25) is 0 Å². The zero-order valence-electron chi connectivity index (χ0n) is 10.1. The van der Waals surface area contributed by atoms with Crippen molar-refractivity contribution in [3.8, 4) is 0 Å². The second-order valence-electron chi connectivity index (χ2n) is 5.25. The minimum absolute atomic E-state index is 0.611. The number of anilines is 1. The predicted octanol–water partition coefficient (Wildman–Crippen LogP) is 2.88. The summed E-state index contributed by atoms with van der Waals surface area (Å²) in [6.45, 7) is 0. The van der Waals surface area contributed by atoms with Crippen LogP contribution in [0.15, 0.2) is 22.9 Å². The summed E-state index contributed by atoms with van der Waals surface area (Å²) in [4.78, 5) is 6.77. The van der Waals surface area contributed by atoms with Crippen molar-refractivity contribution in [2.45, 2.75) is 43.8 Å². The van der Waals surface area contributed by atoms with Crippen LogP contribution < -0.4 is 5.32 Å². The fourth-order valence-electron chi connectivity index (χ4n) is 3.26. The highest BCUT2D eigenvalue weighted by atomic mass is 79.9. The predicted molar refractivity (Wildman–Crippen MR) is 73.2 cm³/mol. The number of hydrogen-bond donors (Lipinski definition) is 1. The van der Waals surface area contributed by atoms with E-state index in [0.29, 0.717) is 6.04 Å². The normalized spacial score (nSPS) is 32.7. The third-order valence-electron chi connectivity index (χ3n) is 4.17. The fraction of sp³-hybridized carbons (Fsp3) is 0.615. The molecule has 1 aromatic heterocycles. The zero-order valence-corrected chi connectivity index (χ0v) is 11.7. The monoisotopic (exact) mass is 295 g/mol. The molecule has 0 aromatic carbocycles. The van der Waals surface area contributed by atoms with E-state index < -0.39 is 0 Å².